The van der Waals surface area contributed by atoms with Crippen LogP contribution in [0.1, 0.15) is 15.8 Å². The van der Waals surface area contributed by atoms with E-state index in [0.29, 0.717) is 11.8 Å². The quantitative estimate of drug-likeness (QED) is 0.671. The first-order chi connectivity index (χ1) is 8.47. The van der Waals surface area contributed by atoms with Gasteiger partial charge in [-0.2, -0.15) is 0 Å². The van der Waals surface area contributed by atoms with Crippen LogP contribution in [0.5, 0.6) is 0 Å². The van der Waals surface area contributed by atoms with Crippen molar-refractivity contribution in [3.05, 3.63) is 54.0 Å². The van der Waals surface area contributed by atoms with E-state index in [0.717, 1.165) is 4.57 Å². The van der Waals surface area contributed by atoms with Gasteiger partial charge in [-0.1, -0.05) is 12.1 Å². The fraction of sp³-hybridized carbons (Fsp3) is 0. The minimum Gasteiger partial charge on any atom is -0.321 e. The molecule has 0 bridgehead atoms. The zero-order valence-electron chi connectivity index (χ0n) is 11.0. The van der Waals surface area contributed by atoms with Crippen LogP contribution in [0, 0.1) is 5.82 Å². The third-order valence-corrected chi connectivity index (χ3v) is 1.73. The summed E-state index contributed by atoms with van der Waals surface area (Å²) in [5, 5.41) is 0. The number of halogens is 1. The summed E-state index contributed by atoms with van der Waals surface area (Å²) in [5.74, 6) is -1.05. The van der Waals surface area contributed by atoms with E-state index in [1.54, 1.807) is 0 Å². The molecule has 0 unspecified atom stereocenters. The molecule has 0 aliphatic rings. The second kappa shape index (κ2) is 3.46. The third kappa shape index (κ3) is 1.44. The fourth-order valence-corrected chi connectivity index (χ4v) is 1.09. The number of nitrogens with zero attached hydrogens (tertiary/aromatic N) is 1. The lowest BCUT2D eigenvalue weighted by atomic mass is 10.3. The van der Waals surface area contributed by atoms with Gasteiger partial charge in [0.1, 0.15) is 5.82 Å². The lowest BCUT2D eigenvalue weighted by molar-refractivity contribution is 0.112. The third-order valence-electron chi connectivity index (χ3n) is 1.73. The van der Waals surface area contributed by atoms with Gasteiger partial charge >= 0.3 is 0 Å². The Morgan fingerprint density at radius 3 is 2.93 bits per heavy atom. The Morgan fingerprint density at radius 2 is 2.21 bits per heavy atom. The van der Waals surface area contributed by atoms with Crippen molar-refractivity contribution in [2.24, 2.45) is 0 Å². The topological polar surface area (TPSA) is 22.0 Å². The summed E-state index contributed by atoms with van der Waals surface area (Å²) in [6.07, 6.45) is 3.23. The van der Waals surface area contributed by atoms with Gasteiger partial charge in [-0.25, -0.2) is 4.39 Å². The van der Waals surface area contributed by atoms with Crippen LogP contribution < -0.4 is 0 Å². The maximum atomic E-state index is 13.9. The highest BCUT2D eigenvalue weighted by Crippen LogP contribution is 2.13. The molecule has 0 amide bonds. The molecule has 1 heterocycles. The number of carbonyl (C=O) groups excluding carboxylic acids is 1. The predicted molar refractivity (Wildman–Crippen MR) is 51.1 cm³/mol. The number of para-hydroxylation sites is 1. The molecule has 1 aromatic carbocycles. The van der Waals surface area contributed by atoms with Crippen LogP contribution in [-0.2, 0) is 0 Å². The van der Waals surface area contributed by atoms with Crippen molar-refractivity contribution in [1.29, 1.82) is 0 Å². The summed E-state index contributed by atoms with van der Waals surface area (Å²) in [6, 6.07) is -0.927. The van der Waals surface area contributed by atoms with Gasteiger partial charge in [0.15, 0.2) is 6.29 Å². The molecule has 2 nitrogen and oxygen atoms in total. The molecule has 0 fully saturated rings. The van der Waals surface area contributed by atoms with E-state index in [1.807, 2.05) is 0 Å². The number of rotatable bonds is 2. The first-order valence-electron chi connectivity index (χ1n) is 5.86. The van der Waals surface area contributed by atoms with Gasteiger partial charge in [0.25, 0.3) is 0 Å². The Kier molecular flexibility index (Phi) is 1.26. The first-order valence-corrected chi connectivity index (χ1v) is 3.86. The molecule has 2 rings (SSSR count). The highest BCUT2D eigenvalue weighted by Gasteiger charge is 2.02. The van der Waals surface area contributed by atoms with Crippen LogP contribution in [0.2, 0.25) is 0 Å². The van der Waals surface area contributed by atoms with Crippen molar-refractivity contribution in [2.75, 3.05) is 0 Å². The second-order valence-corrected chi connectivity index (χ2v) is 2.63. The zero-order chi connectivity index (χ0) is 13.4. The molecule has 0 spiro atoms. The Bertz CT molecular complexity index is 609. The normalized spacial score (nSPS) is 14.1. The first kappa shape index (κ1) is 5.10. The molecule has 1 aromatic heterocycles. The highest BCUT2D eigenvalue weighted by atomic mass is 19.1. The van der Waals surface area contributed by atoms with E-state index in [1.165, 1.54) is 18.5 Å². The monoisotopic (exact) mass is 193 g/mol. The van der Waals surface area contributed by atoms with Crippen LogP contribution in [-0.4, -0.2) is 10.9 Å². The highest BCUT2D eigenvalue weighted by molar-refractivity contribution is 5.74. The number of benzene rings is 1. The van der Waals surface area contributed by atoms with Gasteiger partial charge in [-0.05, 0) is 18.2 Å². The van der Waals surface area contributed by atoms with Crippen LogP contribution in [0.3, 0.4) is 0 Å². The number of hydrogen-bond donors (Lipinski definition) is 0. The van der Waals surface area contributed by atoms with E-state index < -0.39 is 30.0 Å². The van der Waals surface area contributed by atoms with Crippen molar-refractivity contribution in [2.45, 2.75) is 0 Å². The van der Waals surface area contributed by atoms with Gasteiger partial charge < -0.3 is 4.57 Å². The Balaban J connectivity index is 2.75. The minimum absolute atomic E-state index is 0.293. The molecule has 2 aromatic rings. The summed E-state index contributed by atoms with van der Waals surface area (Å²) in [4.78, 5) is 10.6. The maximum absolute atomic E-state index is 13.9. The molecule has 0 aliphatic heterocycles. The SMILES string of the molecule is [2H]c1c([2H])c([2H])c(-n2ccc(C=O)c2)c(F)c1[2H]. The summed E-state index contributed by atoms with van der Waals surface area (Å²) in [6.45, 7) is 0. The van der Waals surface area contributed by atoms with Crippen LogP contribution in [0.25, 0.3) is 5.69 Å². The van der Waals surface area contributed by atoms with Crippen molar-refractivity contribution < 1.29 is 14.7 Å². The Morgan fingerprint density at radius 1 is 1.43 bits per heavy atom. The molecule has 0 saturated heterocycles. The summed E-state index contributed by atoms with van der Waals surface area (Å²) in [5.41, 5.74) is -0.00379. The van der Waals surface area contributed by atoms with E-state index >= 15 is 0 Å². The molecular weight excluding hydrogens is 181 g/mol. The number of aromatic nitrogens is 1. The molecule has 70 valence electrons. The van der Waals surface area contributed by atoms with Gasteiger partial charge in [0.2, 0.25) is 0 Å². The average molecular weight is 193 g/mol. The number of carbonyl (C=O) groups is 1. The molecule has 0 N–H and O–H groups in total. The smallest absolute Gasteiger partial charge is 0.151 e. The molecule has 0 atom stereocenters. The Labute approximate surface area is 86.2 Å². The van der Waals surface area contributed by atoms with E-state index in [-0.39, 0.29) is 5.69 Å². The fourth-order valence-electron chi connectivity index (χ4n) is 1.09. The Hall–Kier alpha value is -1.90. The largest absolute Gasteiger partial charge is 0.321 e. The standard InChI is InChI=1S/C11H8FNO/c12-10-3-1-2-4-11(10)13-6-5-9(7-13)8-14/h1-8H/i1D,2D,3D,4D. The number of aldehydes is 1. The summed E-state index contributed by atoms with van der Waals surface area (Å²) >= 11 is 0. The molecule has 3 heteroatoms. The van der Waals surface area contributed by atoms with Crippen molar-refractivity contribution in [3.8, 4) is 5.69 Å². The van der Waals surface area contributed by atoms with Crippen molar-refractivity contribution in [3.63, 3.8) is 0 Å². The predicted octanol–water partition coefficient (Wildman–Crippen LogP) is 2.43. The van der Waals surface area contributed by atoms with E-state index in [2.05, 4.69) is 0 Å². The van der Waals surface area contributed by atoms with Gasteiger partial charge in [0, 0.05) is 18.0 Å². The lowest BCUT2D eigenvalue weighted by Crippen LogP contribution is -1.93. The van der Waals surface area contributed by atoms with Crippen molar-refractivity contribution >= 4 is 6.29 Å². The summed E-state index contributed by atoms with van der Waals surface area (Å²) < 4.78 is 44.9. The molecule has 0 aliphatic carbocycles. The van der Waals surface area contributed by atoms with Gasteiger partial charge in [-0.15, -0.1) is 0 Å². The van der Waals surface area contributed by atoms with Gasteiger partial charge in [0.05, 0.1) is 11.2 Å². The van der Waals surface area contributed by atoms with Crippen LogP contribution in [0.4, 0.5) is 4.39 Å². The maximum Gasteiger partial charge on any atom is 0.151 e. The van der Waals surface area contributed by atoms with E-state index in [4.69, 9.17) is 5.48 Å². The average Bonchev–Trinajstić information content (AvgIpc) is 2.83. The van der Waals surface area contributed by atoms with Crippen molar-refractivity contribution in [1.82, 2.24) is 4.57 Å². The van der Waals surface area contributed by atoms with Crippen LogP contribution in [0.15, 0.2) is 42.6 Å². The lowest BCUT2D eigenvalue weighted by Gasteiger charge is -2.02. The summed E-state index contributed by atoms with van der Waals surface area (Å²) in [7, 11) is 0. The molecule has 0 saturated carbocycles. The molecule has 14 heavy (non-hydrogen) atoms. The number of hydrogen-bond acceptors (Lipinski definition) is 1. The van der Waals surface area contributed by atoms with Crippen LogP contribution >= 0.6 is 0 Å². The minimum atomic E-state index is -1.05. The molecular formula is C11H8FNO. The second-order valence-electron chi connectivity index (χ2n) is 2.63. The van der Waals surface area contributed by atoms with Gasteiger partial charge in [-0.3, -0.25) is 4.79 Å². The molecule has 0 radical (unpaired) electrons. The van der Waals surface area contributed by atoms with E-state index in [9.17, 15) is 9.18 Å². The zero-order valence-corrected chi connectivity index (χ0v) is 7.04.